The Hall–Kier alpha value is -1.37. The van der Waals surface area contributed by atoms with Crippen molar-refractivity contribution in [3.05, 3.63) is 50.1 Å². The molecule has 0 atom stereocenters. The van der Waals surface area contributed by atoms with Crippen molar-refractivity contribution in [1.82, 2.24) is 4.57 Å². The highest BCUT2D eigenvalue weighted by atomic mass is 127. The van der Waals surface area contributed by atoms with Crippen LogP contribution in [0.5, 0.6) is 5.75 Å². The summed E-state index contributed by atoms with van der Waals surface area (Å²) < 4.78 is 21.9. The smallest absolute Gasteiger partial charge is 0.264 e. The molecule has 3 nitrogen and oxygen atoms in total. The first-order valence-corrected chi connectivity index (χ1v) is 7.98. The number of benzene rings is 1. The lowest BCUT2D eigenvalue weighted by atomic mass is 10.1. The molecule has 0 saturated heterocycles. The third-order valence-corrected chi connectivity index (χ3v) is 3.95. The van der Waals surface area contributed by atoms with Crippen LogP contribution in [0.15, 0.2) is 35.1 Å². The lowest BCUT2D eigenvalue weighted by Crippen LogP contribution is -2.23. The van der Waals surface area contributed by atoms with Gasteiger partial charge in [-0.1, -0.05) is 6.92 Å². The molecular weight excluding hydrogens is 384 g/mol. The summed E-state index contributed by atoms with van der Waals surface area (Å²) in [6.07, 6.45) is 0.871. The van der Waals surface area contributed by atoms with Crippen molar-refractivity contribution in [3.63, 3.8) is 0 Å². The predicted molar refractivity (Wildman–Crippen MR) is 90.3 cm³/mol. The molecule has 0 radical (unpaired) electrons. The van der Waals surface area contributed by atoms with E-state index in [0.717, 1.165) is 6.42 Å². The summed E-state index contributed by atoms with van der Waals surface area (Å²) in [6.45, 7) is 4.92. The number of aromatic nitrogens is 1. The van der Waals surface area contributed by atoms with E-state index in [1.807, 2.05) is 36.4 Å². The van der Waals surface area contributed by atoms with Crippen molar-refractivity contribution in [3.8, 4) is 17.0 Å². The monoisotopic (exact) mass is 401 g/mol. The molecule has 1 aromatic carbocycles. The first-order valence-electron chi connectivity index (χ1n) is 6.90. The molecule has 0 aliphatic rings. The second-order valence-electron chi connectivity index (χ2n) is 4.61. The second kappa shape index (κ2) is 7.06. The topological polar surface area (TPSA) is 31.2 Å². The summed E-state index contributed by atoms with van der Waals surface area (Å²) in [4.78, 5) is 12.1. The molecule has 0 spiro atoms. The van der Waals surface area contributed by atoms with Gasteiger partial charge in [0.1, 0.15) is 11.6 Å². The molecule has 0 unspecified atom stereocenters. The molecule has 0 bridgehead atoms. The summed E-state index contributed by atoms with van der Waals surface area (Å²) in [5.41, 5.74) is 0.901. The van der Waals surface area contributed by atoms with Gasteiger partial charge in [-0.15, -0.1) is 0 Å². The zero-order chi connectivity index (χ0) is 15.4. The third-order valence-electron chi connectivity index (χ3n) is 3.13. The molecular formula is C16H17FINO2. The Balaban J connectivity index is 2.48. The number of hydrogen-bond acceptors (Lipinski definition) is 2. The molecule has 2 rings (SSSR count). The number of hydrogen-bond donors (Lipinski definition) is 0. The van der Waals surface area contributed by atoms with E-state index in [0.29, 0.717) is 33.7 Å². The highest BCUT2D eigenvalue weighted by molar-refractivity contribution is 14.1. The minimum Gasteiger partial charge on any atom is -0.494 e. The fraction of sp³-hybridized carbons (Fsp3) is 0.312. The van der Waals surface area contributed by atoms with Gasteiger partial charge in [0.05, 0.1) is 15.9 Å². The van der Waals surface area contributed by atoms with E-state index in [9.17, 15) is 9.18 Å². The van der Waals surface area contributed by atoms with Gasteiger partial charge in [0.15, 0.2) is 0 Å². The van der Waals surface area contributed by atoms with Crippen molar-refractivity contribution < 1.29 is 9.13 Å². The maximum Gasteiger partial charge on any atom is 0.264 e. The number of halogens is 2. The van der Waals surface area contributed by atoms with E-state index in [1.165, 1.54) is 6.07 Å². The molecule has 1 aromatic heterocycles. The van der Waals surface area contributed by atoms with Crippen LogP contribution in [-0.4, -0.2) is 11.2 Å². The maximum atomic E-state index is 14.3. The van der Waals surface area contributed by atoms with Crippen molar-refractivity contribution in [2.24, 2.45) is 0 Å². The quantitative estimate of drug-likeness (QED) is 0.708. The van der Waals surface area contributed by atoms with Crippen LogP contribution in [0, 0.1) is 9.39 Å². The SMILES string of the molecule is CCCOc1ccc(-c2ccc(I)c(=O)n2CC)c(F)c1. The highest BCUT2D eigenvalue weighted by Gasteiger charge is 2.12. The summed E-state index contributed by atoms with van der Waals surface area (Å²) in [5.74, 6) is 0.125. The lowest BCUT2D eigenvalue weighted by Gasteiger charge is -2.13. The average Bonchev–Trinajstić information content (AvgIpc) is 2.48. The molecule has 0 aliphatic heterocycles. The van der Waals surface area contributed by atoms with Crippen molar-refractivity contribution in [2.75, 3.05) is 6.61 Å². The van der Waals surface area contributed by atoms with Gasteiger partial charge in [0.25, 0.3) is 5.56 Å². The molecule has 0 saturated carbocycles. The summed E-state index contributed by atoms with van der Waals surface area (Å²) >= 11 is 1.99. The molecule has 2 aromatic rings. The lowest BCUT2D eigenvalue weighted by molar-refractivity contribution is 0.316. The van der Waals surface area contributed by atoms with Crippen LogP contribution in [0.3, 0.4) is 0 Å². The van der Waals surface area contributed by atoms with E-state index >= 15 is 0 Å². The largest absolute Gasteiger partial charge is 0.494 e. The molecule has 0 N–H and O–H groups in total. The van der Waals surface area contributed by atoms with Crippen LogP contribution in [0.25, 0.3) is 11.3 Å². The molecule has 1 heterocycles. The standard InChI is InChI=1S/C16H17FINO2/c1-3-9-21-11-5-6-12(13(17)10-11)15-8-7-14(18)16(20)19(15)4-2/h5-8,10H,3-4,9H2,1-2H3. The Morgan fingerprint density at radius 3 is 2.62 bits per heavy atom. The number of pyridine rings is 1. The third kappa shape index (κ3) is 3.45. The number of nitrogens with zero attached hydrogens (tertiary/aromatic N) is 1. The normalized spacial score (nSPS) is 10.7. The Bertz CT molecular complexity index is 697. The van der Waals surface area contributed by atoms with E-state index in [4.69, 9.17) is 4.74 Å². The van der Waals surface area contributed by atoms with Crippen molar-refractivity contribution in [1.29, 1.82) is 0 Å². The Labute approximate surface area is 136 Å². The first kappa shape index (κ1) is 16.0. The van der Waals surface area contributed by atoms with Crippen LogP contribution in [0.2, 0.25) is 0 Å². The molecule has 0 fully saturated rings. The summed E-state index contributed by atoms with van der Waals surface area (Å²) in [6, 6.07) is 8.25. The number of ether oxygens (including phenoxy) is 1. The van der Waals surface area contributed by atoms with Gasteiger partial charge in [-0.05, 0) is 60.2 Å². The van der Waals surface area contributed by atoms with Gasteiger partial charge in [0, 0.05) is 18.2 Å². The Kier molecular flexibility index (Phi) is 5.39. The van der Waals surface area contributed by atoms with Crippen LogP contribution in [0.1, 0.15) is 20.3 Å². The van der Waals surface area contributed by atoms with Crippen LogP contribution >= 0.6 is 22.6 Å². The van der Waals surface area contributed by atoms with Gasteiger partial charge in [-0.2, -0.15) is 0 Å². The Morgan fingerprint density at radius 2 is 2.00 bits per heavy atom. The van der Waals surface area contributed by atoms with Gasteiger partial charge in [-0.3, -0.25) is 4.79 Å². The molecule has 0 aliphatic carbocycles. The fourth-order valence-electron chi connectivity index (χ4n) is 2.11. The average molecular weight is 401 g/mol. The van der Waals surface area contributed by atoms with Crippen molar-refractivity contribution >= 4 is 22.6 Å². The van der Waals surface area contributed by atoms with Crippen LogP contribution in [-0.2, 0) is 6.54 Å². The predicted octanol–water partition coefficient (Wildman–Crippen LogP) is 4.07. The fourth-order valence-corrected chi connectivity index (χ4v) is 2.59. The second-order valence-corrected chi connectivity index (χ2v) is 5.77. The van der Waals surface area contributed by atoms with Gasteiger partial charge in [0.2, 0.25) is 0 Å². The van der Waals surface area contributed by atoms with E-state index in [1.54, 1.807) is 28.8 Å². The zero-order valence-corrected chi connectivity index (χ0v) is 14.2. The molecule has 5 heteroatoms. The van der Waals surface area contributed by atoms with Crippen LogP contribution in [0.4, 0.5) is 4.39 Å². The maximum absolute atomic E-state index is 14.3. The Morgan fingerprint density at radius 1 is 1.24 bits per heavy atom. The minimum atomic E-state index is -0.383. The summed E-state index contributed by atoms with van der Waals surface area (Å²) in [5, 5.41) is 0. The number of rotatable bonds is 5. The minimum absolute atomic E-state index is 0.0960. The first-order chi connectivity index (χ1) is 10.1. The zero-order valence-electron chi connectivity index (χ0n) is 12.0. The van der Waals surface area contributed by atoms with E-state index < -0.39 is 0 Å². The molecule has 21 heavy (non-hydrogen) atoms. The summed E-state index contributed by atoms with van der Waals surface area (Å²) in [7, 11) is 0. The van der Waals surface area contributed by atoms with Gasteiger partial charge in [-0.25, -0.2) is 4.39 Å². The van der Waals surface area contributed by atoms with Crippen LogP contribution < -0.4 is 10.3 Å². The van der Waals surface area contributed by atoms with Crippen molar-refractivity contribution in [2.45, 2.75) is 26.8 Å². The molecule has 112 valence electrons. The van der Waals surface area contributed by atoms with Gasteiger partial charge >= 0.3 is 0 Å². The highest BCUT2D eigenvalue weighted by Crippen LogP contribution is 2.26. The van der Waals surface area contributed by atoms with Gasteiger partial charge < -0.3 is 9.30 Å². The van der Waals surface area contributed by atoms with E-state index in [-0.39, 0.29) is 11.4 Å². The van der Waals surface area contributed by atoms with E-state index in [2.05, 4.69) is 0 Å². The molecule has 0 amide bonds.